The van der Waals surface area contributed by atoms with Crippen molar-refractivity contribution in [3.05, 3.63) is 114 Å². The van der Waals surface area contributed by atoms with Gasteiger partial charge in [-0.2, -0.15) is 0 Å². The van der Waals surface area contributed by atoms with Crippen LogP contribution in [0.2, 0.25) is 0 Å². The van der Waals surface area contributed by atoms with Gasteiger partial charge in [0, 0.05) is 5.56 Å². The quantitative estimate of drug-likeness (QED) is 0.238. The Hall–Kier alpha value is -3.45. The number of carbonyl (C=O) groups is 1. The highest BCUT2D eigenvalue weighted by Crippen LogP contribution is 2.17. The topological polar surface area (TPSA) is 17.1 Å². The minimum atomic E-state index is 0.0129. The molecule has 0 aliphatic carbocycles. The molecule has 0 unspecified atom stereocenters. The van der Waals surface area contributed by atoms with Gasteiger partial charge in [0.1, 0.15) is 0 Å². The minimum absolute atomic E-state index is 0.0129. The van der Waals surface area contributed by atoms with Gasteiger partial charge in [0.05, 0.1) is 0 Å². The van der Waals surface area contributed by atoms with Crippen molar-refractivity contribution in [3.8, 4) is 0 Å². The average molecular weight is 334 g/mol. The monoisotopic (exact) mass is 334 g/mol. The molecular formula is C25H18O. The van der Waals surface area contributed by atoms with Crippen LogP contribution in [-0.4, -0.2) is 5.78 Å². The number of allylic oxidation sites excluding steroid dienone is 3. The maximum Gasteiger partial charge on any atom is 0.185 e. The van der Waals surface area contributed by atoms with Crippen LogP contribution >= 0.6 is 0 Å². The zero-order valence-electron chi connectivity index (χ0n) is 14.3. The fourth-order valence-corrected chi connectivity index (χ4v) is 3.06. The third-order valence-corrected chi connectivity index (χ3v) is 4.45. The molecule has 0 aliphatic rings. The smallest absolute Gasteiger partial charge is 0.185 e. The molecule has 26 heavy (non-hydrogen) atoms. The SMILES string of the molecule is O=C(C=CC=Cc1ccc2ccccc2c1)c1ccc2ccccc2c1. The normalized spacial score (nSPS) is 11.7. The number of carbonyl (C=O) groups excluding carboxylic acids is 1. The molecule has 4 aromatic carbocycles. The van der Waals surface area contributed by atoms with Crippen molar-refractivity contribution >= 4 is 33.4 Å². The number of ketones is 1. The van der Waals surface area contributed by atoms with E-state index in [-0.39, 0.29) is 5.78 Å². The van der Waals surface area contributed by atoms with E-state index in [1.54, 1.807) is 12.2 Å². The fraction of sp³-hybridized carbons (Fsp3) is 0. The summed E-state index contributed by atoms with van der Waals surface area (Å²) in [5.41, 5.74) is 1.82. The maximum absolute atomic E-state index is 12.4. The van der Waals surface area contributed by atoms with E-state index in [2.05, 4.69) is 30.3 Å². The predicted octanol–water partition coefficient (Wildman–Crippen LogP) is 6.45. The summed E-state index contributed by atoms with van der Waals surface area (Å²) >= 11 is 0. The van der Waals surface area contributed by atoms with Gasteiger partial charge >= 0.3 is 0 Å². The van der Waals surface area contributed by atoms with Crippen LogP contribution in [0.25, 0.3) is 27.6 Å². The number of hydrogen-bond donors (Lipinski definition) is 0. The van der Waals surface area contributed by atoms with Crippen LogP contribution < -0.4 is 0 Å². The summed E-state index contributed by atoms with van der Waals surface area (Å²) in [5.74, 6) is 0.0129. The average Bonchev–Trinajstić information content (AvgIpc) is 2.70. The Morgan fingerprint density at radius 3 is 1.96 bits per heavy atom. The van der Waals surface area contributed by atoms with Gasteiger partial charge in [-0.05, 0) is 45.3 Å². The van der Waals surface area contributed by atoms with Crippen LogP contribution in [0.1, 0.15) is 15.9 Å². The van der Waals surface area contributed by atoms with Crippen LogP contribution in [0.4, 0.5) is 0 Å². The fourth-order valence-electron chi connectivity index (χ4n) is 3.06. The second-order valence-corrected chi connectivity index (χ2v) is 6.25. The molecule has 1 heteroatoms. The molecular weight excluding hydrogens is 316 g/mol. The van der Waals surface area contributed by atoms with E-state index in [9.17, 15) is 4.79 Å². The van der Waals surface area contributed by atoms with E-state index >= 15 is 0 Å². The lowest BCUT2D eigenvalue weighted by Crippen LogP contribution is -1.93. The van der Waals surface area contributed by atoms with Crippen molar-refractivity contribution < 1.29 is 4.79 Å². The molecule has 0 heterocycles. The second-order valence-electron chi connectivity index (χ2n) is 6.25. The van der Waals surface area contributed by atoms with E-state index < -0.39 is 0 Å². The van der Waals surface area contributed by atoms with Gasteiger partial charge in [-0.25, -0.2) is 0 Å². The Kier molecular flexibility index (Phi) is 4.44. The molecule has 1 nitrogen and oxygen atoms in total. The summed E-state index contributed by atoms with van der Waals surface area (Å²) in [7, 11) is 0. The van der Waals surface area contributed by atoms with E-state index in [1.807, 2.05) is 66.7 Å². The van der Waals surface area contributed by atoms with Gasteiger partial charge in [-0.15, -0.1) is 0 Å². The first-order chi connectivity index (χ1) is 12.8. The molecule has 0 N–H and O–H groups in total. The predicted molar refractivity (Wildman–Crippen MR) is 110 cm³/mol. The number of hydrogen-bond acceptors (Lipinski definition) is 1. The Bertz CT molecular complexity index is 1150. The zero-order valence-corrected chi connectivity index (χ0v) is 14.3. The van der Waals surface area contributed by atoms with Gasteiger partial charge in [0.25, 0.3) is 0 Å². The first-order valence-corrected chi connectivity index (χ1v) is 8.66. The first kappa shape index (κ1) is 16.0. The van der Waals surface area contributed by atoms with Crippen LogP contribution in [0.15, 0.2) is 103 Å². The highest BCUT2D eigenvalue weighted by Gasteiger charge is 2.02. The lowest BCUT2D eigenvalue weighted by Gasteiger charge is -2.00. The highest BCUT2D eigenvalue weighted by molar-refractivity contribution is 6.06. The van der Waals surface area contributed by atoms with E-state index in [0.717, 1.165) is 16.3 Å². The first-order valence-electron chi connectivity index (χ1n) is 8.66. The summed E-state index contributed by atoms with van der Waals surface area (Å²) in [6, 6.07) is 28.5. The van der Waals surface area contributed by atoms with Crippen LogP contribution in [0.5, 0.6) is 0 Å². The van der Waals surface area contributed by atoms with Gasteiger partial charge in [-0.3, -0.25) is 4.79 Å². The van der Waals surface area contributed by atoms with Crippen molar-refractivity contribution in [2.45, 2.75) is 0 Å². The Labute approximate surface area is 152 Å². The number of rotatable bonds is 4. The Morgan fingerprint density at radius 2 is 1.23 bits per heavy atom. The standard InChI is InChI=1S/C25H18O/c26-25(24-16-15-21-9-3-5-11-23(21)18-24)12-6-1-7-19-13-14-20-8-2-4-10-22(20)17-19/h1-18H. The van der Waals surface area contributed by atoms with Crippen molar-refractivity contribution in [3.63, 3.8) is 0 Å². The lowest BCUT2D eigenvalue weighted by molar-refractivity contribution is 0.104. The summed E-state index contributed by atoms with van der Waals surface area (Å²) in [6.45, 7) is 0. The van der Waals surface area contributed by atoms with Gasteiger partial charge in [0.15, 0.2) is 5.78 Å². The third kappa shape index (κ3) is 3.47. The number of benzene rings is 4. The van der Waals surface area contributed by atoms with Crippen LogP contribution in [0, 0.1) is 0 Å². The van der Waals surface area contributed by atoms with Crippen molar-refractivity contribution in [2.24, 2.45) is 0 Å². The summed E-state index contributed by atoms with van der Waals surface area (Å²) in [4.78, 5) is 12.4. The second kappa shape index (κ2) is 7.20. The molecule has 0 radical (unpaired) electrons. The van der Waals surface area contributed by atoms with Gasteiger partial charge in [0.2, 0.25) is 0 Å². The molecule has 4 aromatic rings. The van der Waals surface area contributed by atoms with E-state index in [4.69, 9.17) is 0 Å². The number of fused-ring (bicyclic) bond motifs is 2. The summed E-state index contributed by atoms with van der Waals surface area (Å²) in [6.07, 6.45) is 7.33. The van der Waals surface area contributed by atoms with Crippen LogP contribution in [0.3, 0.4) is 0 Å². The molecule has 0 amide bonds. The molecule has 4 rings (SSSR count). The van der Waals surface area contributed by atoms with E-state index in [0.29, 0.717) is 5.56 Å². The van der Waals surface area contributed by atoms with Gasteiger partial charge < -0.3 is 0 Å². The summed E-state index contributed by atoms with van der Waals surface area (Å²) in [5, 5.41) is 4.67. The van der Waals surface area contributed by atoms with Crippen molar-refractivity contribution in [2.75, 3.05) is 0 Å². The highest BCUT2D eigenvalue weighted by atomic mass is 16.1. The molecule has 124 valence electrons. The van der Waals surface area contributed by atoms with Crippen molar-refractivity contribution in [1.29, 1.82) is 0 Å². The zero-order chi connectivity index (χ0) is 17.8. The molecule has 0 atom stereocenters. The van der Waals surface area contributed by atoms with E-state index in [1.165, 1.54) is 10.8 Å². The maximum atomic E-state index is 12.4. The Morgan fingerprint density at radius 1 is 0.615 bits per heavy atom. The van der Waals surface area contributed by atoms with Crippen LogP contribution in [-0.2, 0) is 0 Å². The minimum Gasteiger partial charge on any atom is -0.289 e. The lowest BCUT2D eigenvalue weighted by atomic mass is 10.0. The molecule has 0 bridgehead atoms. The largest absolute Gasteiger partial charge is 0.289 e. The molecule has 0 saturated carbocycles. The third-order valence-electron chi connectivity index (χ3n) is 4.45. The van der Waals surface area contributed by atoms with Crippen molar-refractivity contribution in [1.82, 2.24) is 0 Å². The molecule has 0 aromatic heterocycles. The molecule has 0 fully saturated rings. The molecule has 0 spiro atoms. The molecule has 0 aliphatic heterocycles. The Balaban J connectivity index is 1.49. The molecule has 0 saturated heterocycles. The van der Waals surface area contributed by atoms with Gasteiger partial charge in [-0.1, -0.05) is 91.0 Å². The summed E-state index contributed by atoms with van der Waals surface area (Å²) < 4.78 is 0.